The van der Waals surface area contributed by atoms with Crippen LogP contribution in [0, 0.1) is 6.92 Å². The molecular formula is C25H27N5O3S. The average molecular weight is 478 g/mol. The van der Waals surface area contributed by atoms with Gasteiger partial charge in [-0.15, -0.1) is 0 Å². The van der Waals surface area contributed by atoms with Crippen molar-refractivity contribution in [1.82, 2.24) is 19.9 Å². The molecular weight excluding hydrogens is 450 g/mol. The maximum absolute atomic E-state index is 13.4. The van der Waals surface area contributed by atoms with Crippen molar-refractivity contribution < 1.29 is 13.2 Å². The van der Waals surface area contributed by atoms with Crippen LogP contribution in [0.3, 0.4) is 0 Å². The number of nitrogens with one attached hydrogen (secondary N) is 2. The minimum Gasteiger partial charge on any atom is -0.349 e. The number of amides is 1. The first-order valence-corrected chi connectivity index (χ1v) is 12.6. The molecule has 0 spiro atoms. The lowest BCUT2D eigenvalue weighted by molar-refractivity contribution is 0.0941. The number of sulfonamides is 1. The summed E-state index contributed by atoms with van der Waals surface area (Å²) in [7, 11) is -3.82. The number of aryl methyl sites for hydroxylation is 2. The first-order valence-electron chi connectivity index (χ1n) is 11.1. The predicted molar refractivity (Wildman–Crippen MR) is 132 cm³/mol. The number of nitrogens with zero attached hydrogens (tertiary/aromatic N) is 3. The highest BCUT2D eigenvalue weighted by molar-refractivity contribution is 7.92. The molecule has 8 nitrogen and oxygen atoms in total. The summed E-state index contributed by atoms with van der Waals surface area (Å²) in [4.78, 5) is 22.4. The van der Waals surface area contributed by atoms with Crippen molar-refractivity contribution in [2.45, 2.75) is 44.7 Å². The Morgan fingerprint density at radius 2 is 1.82 bits per heavy atom. The molecule has 2 heterocycles. The fraction of sp³-hybridized carbons (Fsp3) is 0.240. The van der Waals surface area contributed by atoms with Gasteiger partial charge in [-0.25, -0.2) is 13.4 Å². The highest BCUT2D eigenvalue weighted by Gasteiger charge is 2.22. The monoisotopic (exact) mass is 477 g/mol. The number of fused-ring (bicyclic) bond motifs is 1. The van der Waals surface area contributed by atoms with Crippen LogP contribution in [0.25, 0.3) is 11.0 Å². The van der Waals surface area contributed by atoms with Gasteiger partial charge in [-0.3, -0.25) is 14.5 Å². The van der Waals surface area contributed by atoms with E-state index in [0.29, 0.717) is 29.6 Å². The molecule has 2 aromatic carbocycles. The molecule has 2 aromatic heterocycles. The number of carbonyl (C=O) groups is 1. The van der Waals surface area contributed by atoms with Crippen LogP contribution in [0.15, 0.2) is 71.8 Å². The number of pyridine rings is 1. The predicted octanol–water partition coefficient (Wildman–Crippen LogP) is 3.92. The second kappa shape index (κ2) is 9.64. The molecule has 0 saturated heterocycles. The van der Waals surface area contributed by atoms with Gasteiger partial charge in [0.15, 0.2) is 0 Å². The van der Waals surface area contributed by atoms with Gasteiger partial charge in [-0.05, 0) is 57.2 Å². The second-order valence-electron chi connectivity index (χ2n) is 8.11. The van der Waals surface area contributed by atoms with Crippen LogP contribution in [-0.4, -0.2) is 34.9 Å². The zero-order valence-corrected chi connectivity index (χ0v) is 20.1. The molecule has 4 aromatic rings. The Balaban J connectivity index is 1.70. The van der Waals surface area contributed by atoms with Crippen molar-refractivity contribution >= 4 is 32.7 Å². The molecule has 1 unspecified atom stereocenters. The molecule has 0 aliphatic rings. The Morgan fingerprint density at radius 1 is 1.09 bits per heavy atom. The Hall–Kier alpha value is -3.72. The standard InChI is InChI=1S/C25H27N5O3S/c1-4-30-18(3)28-23-16-20(29-34(32,33)21-11-6-5-7-12-21)15-22(24(23)30)25(31)27-17(2)14-19-10-8-9-13-26-19/h5-13,15-17,29H,4,14H2,1-3H3,(H,27,31). The minimum absolute atomic E-state index is 0.139. The summed E-state index contributed by atoms with van der Waals surface area (Å²) in [5, 5.41) is 3.02. The third-order valence-corrected chi connectivity index (χ3v) is 6.92. The van der Waals surface area contributed by atoms with Crippen LogP contribution >= 0.6 is 0 Å². The maximum atomic E-state index is 13.4. The summed E-state index contributed by atoms with van der Waals surface area (Å²) < 4.78 is 30.3. The molecule has 0 bridgehead atoms. The van der Waals surface area contributed by atoms with E-state index in [4.69, 9.17) is 0 Å². The largest absolute Gasteiger partial charge is 0.349 e. The molecule has 0 fully saturated rings. The molecule has 2 N–H and O–H groups in total. The molecule has 0 aliphatic heterocycles. The fourth-order valence-corrected chi connectivity index (χ4v) is 5.06. The lowest BCUT2D eigenvalue weighted by atomic mass is 10.1. The van der Waals surface area contributed by atoms with Gasteiger partial charge < -0.3 is 9.88 Å². The Labute approximate surface area is 199 Å². The van der Waals surface area contributed by atoms with Gasteiger partial charge in [0, 0.05) is 30.9 Å². The third kappa shape index (κ3) is 4.94. The van der Waals surface area contributed by atoms with E-state index in [9.17, 15) is 13.2 Å². The van der Waals surface area contributed by atoms with E-state index >= 15 is 0 Å². The highest BCUT2D eigenvalue weighted by atomic mass is 32.2. The third-order valence-electron chi connectivity index (χ3n) is 5.52. The van der Waals surface area contributed by atoms with Crippen molar-refractivity contribution in [1.29, 1.82) is 0 Å². The van der Waals surface area contributed by atoms with Crippen molar-refractivity contribution in [3.63, 3.8) is 0 Å². The van der Waals surface area contributed by atoms with E-state index in [1.54, 1.807) is 36.5 Å². The van der Waals surface area contributed by atoms with Crippen LogP contribution in [0.4, 0.5) is 5.69 Å². The number of rotatable bonds is 8. The smallest absolute Gasteiger partial charge is 0.261 e. The number of imidazole rings is 1. The van der Waals surface area contributed by atoms with Gasteiger partial charge in [0.2, 0.25) is 0 Å². The van der Waals surface area contributed by atoms with Crippen LogP contribution in [0.2, 0.25) is 0 Å². The van der Waals surface area contributed by atoms with Gasteiger partial charge in [0.25, 0.3) is 15.9 Å². The number of anilines is 1. The quantitative estimate of drug-likeness (QED) is 0.400. The van der Waals surface area contributed by atoms with Gasteiger partial charge in [0.05, 0.1) is 27.2 Å². The number of hydrogen-bond donors (Lipinski definition) is 2. The molecule has 0 radical (unpaired) electrons. The fourth-order valence-electron chi connectivity index (χ4n) is 4.00. The molecule has 176 valence electrons. The summed E-state index contributed by atoms with van der Waals surface area (Å²) in [6, 6.07) is 16.8. The topological polar surface area (TPSA) is 106 Å². The summed E-state index contributed by atoms with van der Waals surface area (Å²) in [6.07, 6.45) is 2.29. The number of hydrogen-bond acceptors (Lipinski definition) is 5. The number of aromatic nitrogens is 3. The molecule has 34 heavy (non-hydrogen) atoms. The van der Waals surface area contributed by atoms with E-state index in [1.807, 2.05) is 43.5 Å². The van der Waals surface area contributed by atoms with E-state index in [1.165, 1.54) is 12.1 Å². The first kappa shape index (κ1) is 23.4. The van der Waals surface area contributed by atoms with Crippen molar-refractivity contribution in [3.8, 4) is 0 Å². The molecule has 9 heteroatoms. The van der Waals surface area contributed by atoms with E-state index in [-0.39, 0.29) is 22.5 Å². The van der Waals surface area contributed by atoms with Crippen LogP contribution in [0.1, 0.15) is 35.7 Å². The summed E-state index contributed by atoms with van der Waals surface area (Å²) in [5.41, 5.74) is 2.73. The normalized spacial score (nSPS) is 12.4. The Bertz CT molecular complexity index is 1420. The zero-order valence-electron chi connectivity index (χ0n) is 19.3. The second-order valence-corrected chi connectivity index (χ2v) is 9.80. The van der Waals surface area contributed by atoms with Crippen LogP contribution in [-0.2, 0) is 23.0 Å². The van der Waals surface area contributed by atoms with E-state index in [0.717, 1.165) is 11.5 Å². The van der Waals surface area contributed by atoms with E-state index < -0.39 is 10.0 Å². The van der Waals surface area contributed by atoms with Crippen molar-refractivity contribution in [2.75, 3.05) is 4.72 Å². The average Bonchev–Trinajstić information content (AvgIpc) is 3.14. The maximum Gasteiger partial charge on any atom is 0.261 e. The van der Waals surface area contributed by atoms with Gasteiger partial charge in [-0.1, -0.05) is 24.3 Å². The van der Waals surface area contributed by atoms with Crippen LogP contribution < -0.4 is 10.0 Å². The summed E-state index contributed by atoms with van der Waals surface area (Å²) in [5.74, 6) is 0.444. The highest BCUT2D eigenvalue weighted by Crippen LogP contribution is 2.27. The van der Waals surface area contributed by atoms with Crippen molar-refractivity contribution in [2.24, 2.45) is 0 Å². The van der Waals surface area contributed by atoms with E-state index in [2.05, 4.69) is 20.0 Å². The molecule has 1 amide bonds. The molecule has 1 atom stereocenters. The van der Waals surface area contributed by atoms with Gasteiger partial charge in [-0.2, -0.15) is 0 Å². The minimum atomic E-state index is -3.82. The Morgan fingerprint density at radius 3 is 2.50 bits per heavy atom. The zero-order chi connectivity index (χ0) is 24.3. The summed E-state index contributed by atoms with van der Waals surface area (Å²) >= 11 is 0. The molecule has 0 aliphatic carbocycles. The van der Waals surface area contributed by atoms with Crippen LogP contribution in [0.5, 0.6) is 0 Å². The first-order chi connectivity index (χ1) is 16.3. The SMILES string of the molecule is CCn1c(C)nc2cc(NS(=O)(=O)c3ccccc3)cc(C(=O)NC(C)Cc3ccccn3)c21. The van der Waals surface area contributed by atoms with Crippen molar-refractivity contribution in [3.05, 3.63) is 83.9 Å². The lowest BCUT2D eigenvalue weighted by Crippen LogP contribution is -2.34. The number of benzene rings is 2. The lowest BCUT2D eigenvalue weighted by Gasteiger charge is -2.16. The number of carbonyl (C=O) groups excluding carboxylic acids is 1. The Kier molecular flexibility index (Phi) is 6.65. The molecule has 0 saturated carbocycles. The van der Waals surface area contributed by atoms with Gasteiger partial charge in [0.1, 0.15) is 5.82 Å². The molecule has 4 rings (SSSR count). The van der Waals surface area contributed by atoms with Gasteiger partial charge >= 0.3 is 0 Å². The summed E-state index contributed by atoms with van der Waals surface area (Å²) in [6.45, 7) is 6.38.